The van der Waals surface area contributed by atoms with Crippen LogP contribution in [0.3, 0.4) is 0 Å². The first-order valence-corrected chi connectivity index (χ1v) is 4.64. The second-order valence-corrected chi connectivity index (χ2v) is 3.05. The van der Waals surface area contributed by atoms with Crippen LogP contribution in [-0.2, 0) is 0 Å². The van der Waals surface area contributed by atoms with Gasteiger partial charge in [0.25, 0.3) is 0 Å². The van der Waals surface area contributed by atoms with Gasteiger partial charge in [0.2, 0.25) is 0 Å². The van der Waals surface area contributed by atoms with Gasteiger partial charge in [-0.2, -0.15) is 0 Å². The second-order valence-electron chi connectivity index (χ2n) is 3.05. The molecule has 0 radical (unpaired) electrons. The maximum Gasteiger partial charge on any atom is 0.171 e. The summed E-state index contributed by atoms with van der Waals surface area (Å²) in [5.74, 6) is 1.69. The van der Waals surface area contributed by atoms with Gasteiger partial charge in [-0.15, -0.1) is 0 Å². The van der Waals surface area contributed by atoms with Crippen molar-refractivity contribution < 1.29 is 4.74 Å². The average molecular weight is 195 g/mol. The van der Waals surface area contributed by atoms with Crippen LogP contribution in [0.15, 0.2) is 18.3 Å². The second kappa shape index (κ2) is 5.44. The molecule has 0 atom stereocenters. The lowest BCUT2D eigenvalue weighted by atomic mass is 10.4. The highest BCUT2D eigenvalue weighted by atomic mass is 16.5. The van der Waals surface area contributed by atoms with E-state index in [1.165, 1.54) is 0 Å². The molecule has 1 heterocycles. The summed E-state index contributed by atoms with van der Waals surface area (Å²) in [5.41, 5.74) is 0. The highest BCUT2D eigenvalue weighted by molar-refractivity contribution is 5.51. The molecule has 4 heteroatoms. The average Bonchev–Trinajstić information content (AvgIpc) is 2.25. The van der Waals surface area contributed by atoms with E-state index >= 15 is 0 Å². The molecule has 1 aromatic rings. The van der Waals surface area contributed by atoms with Gasteiger partial charge in [-0.3, -0.25) is 0 Å². The Kier molecular flexibility index (Phi) is 4.19. The Bertz CT molecular complexity index is 278. The minimum atomic E-state index is 0.811. The monoisotopic (exact) mass is 195 g/mol. The Hall–Kier alpha value is -1.29. The molecular formula is C10H17N3O. The van der Waals surface area contributed by atoms with E-state index in [0.717, 1.165) is 24.7 Å². The molecule has 78 valence electrons. The molecule has 0 aliphatic rings. The van der Waals surface area contributed by atoms with Gasteiger partial charge in [0, 0.05) is 26.3 Å². The lowest BCUT2D eigenvalue weighted by molar-refractivity contribution is 0.413. The topological polar surface area (TPSA) is 37.4 Å². The number of anilines is 1. The van der Waals surface area contributed by atoms with Crippen LogP contribution < -0.4 is 15.0 Å². The van der Waals surface area contributed by atoms with Crippen molar-refractivity contribution in [2.45, 2.75) is 0 Å². The Labute approximate surface area is 84.9 Å². The van der Waals surface area contributed by atoms with Crippen LogP contribution in [-0.4, -0.2) is 39.3 Å². The number of rotatable bonds is 5. The zero-order valence-corrected chi connectivity index (χ0v) is 8.95. The number of nitrogens with one attached hydrogen (secondary N) is 1. The number of pyridine rings is 1. The summed E-state index contributed by atoms with van der Waals surface area (Å²) in [6.07, 6.45) is 1.77. The Balaban J connectivity index is 2.72. The molecule has 0 aromatic carbocycles. The van der Waals surface area contributed by atoms with Crippen molar-refractivity contribution in [1.29, 1.82) is 0 Å². The van der Waals surface area contributed by atoms with E-state index in [4.69, 9.17) is 4.74 Å². The maximum absolute atomic E-state index is 5.22. The van der Waals surface area contributed by atoms with E-state index < -0.39 is 0 Å². The third-order valence-electron chi connectivity index (χ3n) is 2.03. The van der Waals surface area contributed by atoms with Gasteiger partial charge >= 0.3 is 0 Å². The summed E-state index contributed by atoms with van der Waals surface area (Å²) in [7, 11) is 5.60. The van der Waals surface area contributed by atoms with E-state index in [2.05, 4.69) is 15.2 Å². The fourth-order valence-electron chi connectivity index (χ4n) is 1.21. The molecule has 0 aliphatic heterocycles. The molecule has 0 saturated heterocycles. The van der Waals surface area contributed by atoms with Crippen LogP contribution in [0.5, 0.6) is 5.75 Å². The number of hydrogen-bond donors (Lipinski definition) is 1. The number of nitrogens with zero attached hydrogens (tertiary/aromatic N) is 2. The van der Waals surface area contributed by atoms with E-state index in [0.29, 0.717) is 0 Å². The maximum atomic E-state index is 5.22. The molecule has 1 rings (SSSR count). The van der Waals surface area contributed by atoms with Gasteiger partial charge in [-0.05, 0) is 19.2 Å². The third kappa shape index (κ3) is 2.60. The lowest BCUT2D eigenvalue weighted by Crippen LogP contribution is -2.27. The molecule has 0 bridgehead atoms. The molecular weight excluding hydrogens is 178 g/mol. The Morgan fingerprint density at radius 2 is 2.36 bits per heavy atom. The predicted molar refractivity (Wildman–Crippen MR) is 58.0 cm³/mol. The number of likely N-dealkylation sites (N-methyl/N-ethyl adjacent to an activating group) is 2. The van der Waals surface area contributed by atoms with Crippen molar-refractivity contribution in [3.8, 4) is 5.75 Å². The van der Waals surface area contributed by atoms with Crippen LogP contribution in [0.25, 0.3) is 0 Å². The molecule has 14 heavy (non-hydrogen) atoms. The van der Waals surface area contributed by atoms with Crippen molar-refractivity contribution in [2.24, 2.45) is 0 Å². The number of aromatic nitrogens is 1. The van der Waals surface area contributed by atoms with E-state index in [1.807, 2.05) is 26.2 Å². The van der Waals surface area contributed by atoms with E-state index in [1.54, 1.807) is 13.3 Å². The summed E-state index contributed by atoms with van der Waals surface area (Å²) in [6.45, 7) is 1.83. The summed E-state index contributed by atoms with van der Waals surface area (Å²) in [4.78, 5) is 6.34. The highest BCUT2D eigenvalue weighted by Gasteiger charge is 2.07. The summed E-state index contributed by atoms with van der Waals surface area (Å²) in [6, 6.07) is 3.78. The molecule has 1 aromatic heterocycles. The molecule has 0 unspecified atom stereocenters. The van der Waals surface area contributed by atoms with Gasteiger partial charge in [-0.25, -0.2) is 4.98 Å². The van der Waals surface area contributed by atoms with Crippen LogP contribution in [0.4, 0.5) is 5.82 Å². The van der Waals surface area contributed by atoms with Gasteiger partial charge in [0.05, 0.1) is 7.11 Å². The zero-order valence-electron chi connectivity index (χ0n) is 8.95. The van der Waals surface area contributed by atoms with Crippen molar-refractivity contribution in [3.05, 3.63) is 18.3 Å². The molecule has 0 amide bonds. The summed E-state index contributed by atoms with van der Waals surface area (Å²) >= 11 is 0. The fourth-order valence-corrected chi connectivity index (χ4v) is 1.21. The smallest absolute Gasteiger partial charge is 0.171 e. The first-order valence-electron chi connectivity index (χ1n) is 4.64. The SMILES string of the molecule is CNCCN(C)c1ncccc1OC. The first-order chi connectivity index (χ1) is 6.79. The predicted octanol–water partition coefficient (Wildman–Crippen LogP) is 0.746. The molecule has 0 fully saturated rings. The van der Waals surface area contributed by atoms with Crippen molar-refractivity contribution in [3.63, 3.8) is 0 Å². The Morgan fingerprint density at radius 1 is 1.57 bits per heavy atom. The lowest BCUT2D eigenvalue weighted by Gasteiger charge is -2.19. The summed E-state index contributed by atoms with van der Waals surface area (Å²) < 4.78 is 5.22. The van der Waals surface area contributed by atoms with Gasteiger partial charge in [0.15, 0.2) is 11.6 Å². The third-order valence-corrected chi connectivity index (χ3v) is 2.03. The van der Waals surface area contributed by atoms with Crippen molar-refractivity contribution >= 4 is 5.82 Å². The molecule has 0 saturated carbocycles. The van der Waals surface area contributed by atoms with Crippen LogP contribution >= 0.6 is 0 Å². The molecule has 0 spiro atoms. The quantitative estimate of drug-likeness (QED) is 0.752. The summed E-state index contributed by atoms with van der Waals surface area (Å²) in [5, 5.41) is 3.10. The first kappa shape index (κ1) is 10.8. The zero-order chi connectivity index (χ0) is 10.4. The van der Waals surface area contributed by atoms with Crippen molar-refractivity contribution in [1.82, 2.24) is 10.3 Å². The minimum Gasteiger partial charge on any atom is -0.493 e. The van der Waals surface area contributed by atoms with Gasteiger partial charge in [0.1, 0.15) is 0 Å². The van der Waals surface area contributed by atoms with Gasteiger partial charge < -0.3 is 15.0 Å². The molecule has 0 aliphatic carbocycles. The number of hydrogen-bond acceptors (Lipinski definition) is 4. The van der Waals surface area contributed by atoms with E-state index in [-0.39, 0.29) is 0 Å². The molecule has 1 N–H and O–H groups in total. The van der Waals surface area contributed by atoms with Gasteiger partial charge in [-0.1, -0.05) is 0 Å². The number of ether oxygens (including phenoxy) is 1. The highest BCUT2D eigenvalue weighted by Crippen LogP contribution is 2.22. The van der Waals surface area contributed by atoms with Crippen LogP contribution in [0.1, 0.15) is 0 Å². The largest absolute Gasteiger partial charge is 0.493 e. The fraction of sp³-hybridized carbons (Fsp3) is 0.500. The van der Waals surface area contributed by atoms with Crippen molar-refractivity contribution in [2.75, 3.05) is 39.2 Å². The molecule has 4 nitrogen and oxygen atoms in total. The van der Waals surface area contributed by atoms with Crippen LogP contribution in [0.2, 0.25) is 0 Å². The standard InChI is InChI=1S/C10H17N3O/c1-11-7-8-13(2)10-9(14-3)5-4-6-12-10/h4-6,11H,7-8H2,1-3H3. The minimum absolute atomic E-state index is 0.811. The van der Waals surface area contributed by atoms with E-state index in [9.17, 15) is 0 Å². The normalized spacial score (nSPS) is 9.93. The number of methoxy groups -OCH3 is 1. The Morgan fingerprint density at radius 3 is 3.00 bits per heavy atom. The van der Waals surface area contributed by atoms with Crippen LogP contribution in [0, 0.1) is 0 Å².